The number of hydrogen-bond acceptors (Lipinski definition) is 6. The van der Waals surface area contributed by atoms with Crippen LogP contribution in [0.15, 0.2) is 16.7 Å². The second-order valence-corrected chi connectivity index (χ2v) is 8.23. The summed E-state index contributed by atoms with van der Waals surface area (Å²) in [7, 11) is 0. The number of nitrogens with two attached hydrogens (primary N) is 1. The first-order valence-corrected chi connectivity index (χ1v) is 9.58. The highest BCUT2D eigenvalue weighted by Crippen LogP contribution is 2.34. The summed E-state index contributed by atoms with van der Waals surface area (Å²) >= 11 is 0. The van der Waals surface area contributed by atoms with Gasteiger partial charge >= 0.3 is 0 Å². The highest BCUT2D eigenvalue weighted by atomic mass is 19.2. The van der Waals surface area contributed by atoms with Gasteiger partial charge in [-0.05, 0) is 24.5 Å². The summed E-state index contributed by atoms with van der Waals surface area (Å²) in [6.45, 7) is 6.16. The van der Waals surface area contributed by atoms with Crippen molar-refractivity contribution in [2.45, 2.75) is 57.5 Å². The van der Waals surface area contributed by atoms with Crippen molar-refractivity contribution >= 4 is 12.4 Å². The van der Waals surface area contributed by atoms with E-state index in [1.807, 2.05) is 20.8 Å². The van der Waals surface area contributed by atoms with Gasteiger partial charge in [-0.1, -0.05) is 25.9 Å². The van der Waals surface area contributed by atoms with Gasteiger partial charge in [0.25, 0.3) is 6.47 Å². The van der Waals surface area contributed by atoms with Crippen LogP contribution in [0.3, 0.4) is 0 Å². The summed E-state index contributed by atoms with van der Waals surface area (Å²) in [4.78, 5) is 26.9. The van der Waals surface area contributed by atoms with Crippen molar-refractivity contribution in [1.29, 1.82) is 0 Å². The first-order chi connectivity index (χ1) is 14.5. The number of likely N-dealkylation sites (tertiary alicyclic amines) is 1. The Labute approximate surface area is 177 Å². The van der Waals surface area contributed by atoms with Crippen LogP contribution in [0.5, 0.6) is 0 Å². The van der Waals surface area contributed by atoms with Crippen molar-refractivity contribution in [2.24, 2.45) is 5.73 Å². The maximum atomic E-state index is 13.8. The van der Waals surface area contributed by atoms with Crippen LogP contribution in [-0.2, 0) is 21.4 Å². The zero-order valence-corrected chi connectivity index (χ0v) is 17.4. The Morgan fingerprint density at radius 1 is 1.32 bits per heavy atom. The lowest BCUT2D eigenvalue weighted by molar-refractivity contribution is -0.140. The number of benzene rings is 1. The number of amides is 1. The largest absolute Gasteiger partial charge is 0.483 e. The molecule has 0 bridgehead atoms. The number of aromatic nitrogens is 2. The van der Waals surface area contributed by atoms with Crippen LogP contribution in [0.1, 0.15) is 56.9 Å². The highest BCUT2D eigenvalue weighted by molar-refractivity contribution is 5.78. The number of carbonyl (C=O) groups is 2. The lowest BCUT2D eigenvalue weighted by Gasteiger charge is -2.39. The van der Waals surface area contributed by atoms with E-state index < -0.39 is 23.5 Å². The van der Waals surface area contributed by atoms with Gasteiger partial charge in [-0.3, -0.25) is 9.59 Å². The minimum absolute atomic E-state index is 0.0603. The van der Waals surface area contributed by atoms with E-state index in [1.165, 1.54) is 0 Å². The Morgan fingerprint density at radius 2 is 1.94 bits per heavy atom. The lowest BCUT2D eigenvalue weighted by Crippen LogP contribution is -2.47. The monoisotopic (exact) mass is 442 g/mol. The van der Waals surface area contributed by atoms with Gasteiger partial charge in [0, 0.05) is 30.5 Å². The Balaban J connectivity index is 0.00000107. The lowest BCUT2D eigenvalue weighted by atomic mass is 9.96. The third-order valence-corrected chi connectivity index (χ3v) is 4.75. The van der Waals surface area contributed by atoms with E-state index in [9.17, 15) is 18.0 Å². The predicted molar refractivity (Wildman–Crippen MR) is 103 cm³/mol. The highest BCUT2D eigenvalue weighted by Gasteiger charge is 2.38. The molecule has 0 saturated carbocycles. The second kappa shape index (κ2) is 9.90. The first-order valence-electron chi connectivity index (χ1n) is 9.58. The van der Waals surface area contributed by atoms with Gasteiger partial charge in [-0.15, -0.1) is 0 Å². The van der Waals surface area contributed by atoms with Crippen LogP contribution in [0.25, 0.3) is 0 Å². The summed E-state index contributed by atoms with van der Waals surface area (Å²) < 4.78 is 45.4. The number of rotatable bonds is 5. The van der Waals surface area contributed by atoms with E-state index in [2.05, 4.69) is 10.1 Å². The molecule has 1 fully saturated rings. The van der Waals surface area contributed by atoms with Gasteiger partial charge in [0.05, 0.1) is 0 Å². The van der Waals surface area contributed by atoms with Crippen molar-refractivity contribution < 1.29 is 32.4 Å². The molecule has 3 N–H and O–H groups in total. The Bertz CT molecular complexity index is 930. The van der Waals surface area contributed by atoms with Crippen LogP contribution < -0.4 is 5.73 Å². The molecule has 1 amide bonds. The maximum absolute atomic E-state index is 13.8. The average Bonchev–Trinajstić information content (AvgIpc) is 3.09. The predicted octanol–water partition coefficient (Wildman–Crippen LogP) is 2.72. The van der Waals surface area contributed by atoms with Crippen molar-refractivity contribution in [3.63, 3.8) is 0 Å². The maximum Gasteiger partial charge on any atom is 0.290 e. The van der Waals surface area contributed by atoms with Gasteiger partial charge in [0.1, 0.15) is 11.9 Å². The zero-order chi connectivity index (χ0) is 23.3. The first kappa shape index (κ1) is 24.3. The number of nitrogens with zero attached hydrogens (tertiary/aromatic N) is 3. The summed E-state index contributed by atoms with van der Waals surface area (Å²) in [5.74, 6) is -2.59. The molecular weight excluding hydrogens is 417 g/mol. The van der Waals surface area contributed by atoms with E-state index in [-0.39, 0.29) is 42.2 Å². The standard InChI is InChI=1S/C19H23F3N4O2.CH2O2/c1-19(2,3)18-24-17(28-25-18)15-4-5-26(15)16(27)8-11(23)6-10-7-13(21)14(22)9-12(10)20;2-1-3/h7,9,11,15H,4-6,8,23H2,1-3H3;1H,(H,2,3)/t11-,15+;/m1./s1. The molecule has 170 valence electrons. The molecule has 1 aliphatic rings. The zero-order valence-electron chi connectivity index (χ0n) is 17.4. The summed E-state index contributed by atoms with van der Waals surface area (Å²) in [5, 5.41) is 10.9. The third-order valence-electron chi connectivity index (χ3n) is 4.75. The van der Waals surface area contributed by atoms with Crippen LogP contribution in [0.4, 0.5) is 13.2 Å². The second-order valence-electron chi connectivity index (χ2n) is 8.23. The third kappa shape index (κ3) is 6.03. The SMILES string of the molecule is CC(C)(C)c1noc([C@@H]2CCN2C(=O)C[C@H](N)Cc2cc(F)c(F)cc2F)n1.O=CO. The van der Waals surface area contributed by atoms with E-state index in [0.717, 1.165) is 6.07 Å². The molecule has 2 aromatic rings. The topological polar surface area (TPSA) is 123 Å². The minimum atomic E-state index is -1.26. The van der Waals surface area contributed by atoms with E-state index in [0.29, 0.717) is 30.7 Å². The number of carboxylic acid groups (broad SMARTS) is 1. The quantitative estimate of drug-likeness (QED) is 0.539. The molecule has 3 rings (SSSR count). The van der Waals surface area contributed by atoms with Crippen LogP contribution in [-0.4, -0.2) is 45.1 Å². The van der Waals surface area contributed by atoms with Gasteiger partial charge in [-0.2, -0.15) is 4.98 Å². The summed E-state index contributed by atoms with van der Waals surface area (Å²) in [6, 6.07) is 0.213. The van der Waals surface area contributed by atoms with Crippen molar-refractivity contribution in [2.75, 3.05) is 6.54 Å². The molecule has 0 unspecified atom stereocenters. The van der Waals surface area contributed by atoms with E-state index >= 15 is 0 Å². The smallest absolute Gasteiger partial charge is 0.290 e. The van der Waals surface area contributed by atoms with E-state index in [4.69, 9.17) is 20.2 Å². The molecule has 1 aromatic carbocycles. The van der Waals surface area contributed by atoms with Gasteiger partial charge in [0.15, 0.2) is 17.5 Å². The number of carbonyl (C=O) groups excluding carboxylic acids is 1. The Hall–Kier alpha value is -2.95. The van der Waals surface area contributed by atoms with Crippen LogP contribution in [0, 0.1) is 17.5 Å². The molecule has 2 heterocycles. The molecule has 1 aromatic heterocycles. The van der Waals surface area contributed by atoms with Crippen LogP contribution in [0.2, 0.25) is 0 Å². The Kier molecular flexibility index (Phi) is 7.77. The molecule has 1 aliphatic heterocycles. The van der Waals surface area contributed by atoms with Crippen molar-refractivity contribution in [3.05, 3.63) is 46.9 Å². The molecule has 2 atom stereocenters. The number of halogens is 3. The van der Waals surface area contributed by atoms with Gasteiger partial charge in [-0.25, -0.2) is 13.2 Å². The van der Waals surface area contributed by atoms with Gasteiger partial charge < -0.3 is 20.3 Å². The van der Waals surface area contributed by atoms with Crippen LogP contribution >= 0.6 is 0 Å². The average molecular weight is 442 g/mol. The fourth-order valence-electron chi connectivity index (χ4n) is 3.03. The normalized spacial score (nSPS) is 16.7. The molecule has 0 spiro atoms. The fourth-order valence-corrected chi connectivity index (χ4v) is 3.03. The molecule has 11 heteroatoms. The van der Waals surface area contributed by atoms with Crippen molar-refractivity contribution in [1.82, 2.24) is 15.0 Å². The summed E-state index contributed by atoms with van der Waals surface area (Å²) in [6.07, 6.45) is 0.557. The molecule has 31 heavy (non-hydrogen) atoms. The fraction of sp³-hybridized carbons (Fsp3) is 0.500. The molecule has 0 aliphatic carbocycles. The minimum Gasteiger partial charge on any atom is -0.483 e. The molecule has 1 saturated heterocycles. The van der Waals surface area contributed by atoms with Gasteiger partial charge in [0.2, 0.25) is 11.8 Å². The number of hydrogen-bond donors (Lipinski definition) is 2. The van der Waals surface area contributed by atoms with Crippen molar-refractivity contribution in [3.8, 4) is 0 Å². The molecular formula is C20H25F3N4O4. The van der Waals surface area contributed by atoms with E-state index in [1.54, 1.807) is 4.90 Å². The Morgan fingerprint density at radius 3 is 2.45 bits per heavy atom. The molecule has 0 radical (unpaired) electrons. The molecule has 8 nitrogen and oxygen atoms in total. The summed E-state index contributed by atoms with van der Waals surface area (Å²) in [5.41, 5.74) is 5.61.